The number of aromatic nitrogens is 1. The fourth-order valence-electron chi connectivity index (χ4n) is 1.95. The summed E-state index contributed by atoms with van der Waals surface area (Å²) in [5.74, 6) is 0. The molecule has 2 aromatic rings. The predicted octanol–water partition coefficient (Wildman–Crippen LogP) is 2.53. The van der Waals surface area contributed by atoms with Gasteiger partial charge in [-0.2, -0.15) is 0 Å². The van der Waals surface area contributed by atoms with Gasteiger partial charge in [0.15, 0.2) is 0 Å². The Morgan fingerprint density at radius 2 is 2.19 bits per heavy atom. The van der Waals surface area contributed by atoms with Crippen LogP contribution in [0.4, 0.5) is 0 Å². The first-order valence-electron chi connectivity index (χ1n) is 7.05. The van der Waals surface area contributed by atoms with Gasteiger partial charge < -0.3 is 15.2 Å². The lowest BCUT2D eigenvalue weighted by atomic mass is 10.3. The van der Waals surface area contributed by atoms with Crippen molar-refractivity contribution in [3.05, 3.63) is 38.0 Å². The first-order chi connectivity index (χ1) is 10.2. The molecule has 6 heteroatoms. The number of ether oxygens (including phenoxy) is 1. The van der Waals surface area contributed by atoms with E-state index >= 15 is 0 Å². The van der Waals surface area contributed by atoms with Gasteiger partial charge in [0.2, 0.25) is 0 Å². The first kappa shape index (κ1) is 16.6. The first-order valence-corrected chi connectivity index (χ1v) is 8.81. The van der Waals surface area contributed by atoms with Gasteiger partial charge in [0.1, 0.15) is 0 Å². The highest BCUT2D eigenvalue weighted by molar-refractivity contribution is 7.10. The second-order valence-corrected chi connectivity index (χ2v) is 6.94. The average molecular weight is 326 g/mol. The van der Waals surface area contributed by atoms with Gasteiger partial charge in [0.25, 0.3) is 0 Å². The van der Waals surface area contributed by atoms with Gasteiger partial charge in [-0.15, -0.1) is 22.7 Å². The maximum Gasteiger partial charge on any atom is 0.0897 e. The van der Waals surface area contributed by atoms with Crippen LogP contribution in [0.2, 0.25) is 0 Å². The Kier molecular flexibility index (Phi) is 6.79. The highest BCUT2D eigenvalue weighted by Gasteiger charge is 2.06. The van der Waals surface area contributed by atoms with E-state index in [4.69, 9.17) is 4.74 Å². The largest absolute Gasteiger partial charge is 0.389 e. The lowest BCUT2D eigenvalue weighted by Crippen LogP contribution is -2.30. The summed E-state index contributed by atoms with van der Waals surface area (Å²) in [6, 6.07) is 2.11. The van der Waals surface area contributed by atoms with Crippen LogP contribution in [0.25, 0.3) is 0 Å². The molecular weight excluding hydrogens is 304 g/mol. The van der Waals surface area contributed by atoms with Crippen LogP contribution in [0.15, 0.2) is 17.0 Å². The molecule has 0 radical (unpaired) electrons. The zero-order valence-electron chi connectivity index (χ0n) is 12.5. The van der Waals surface area contributed by atoms with Gasteiger partial charge in [-0.1, -0.05) is 0 Å². The number of hydrogen-bond donors (Lipinski definition) is 2. The van der Waals surface area contributed by atoms with Crippen molar-refractivity contribution in [2.75, 3.05) is 19.8 Å². The molecule has 0 bridgehead atoms. The maximum atomic E-state index is 9.87. The van der Waals surface area contributed by atoms with E-state index in [0.717, 1.165) is 18.7 Å². The zero-order valence-corrected chi connectivity index (χ0v) is 14.1. The highest BCUT2D eigenvalue weighted by Crippen LogP contribution is 2.14. The van der Waals surface area contributed by atoms with Crippen LogP contribution < -0.4 is 5.32 Å². The molecule has 0 spiro atoms. The number of nitrogens with one attached hydrogen (secondary N) is 1. The average Bonchev–Trinajstić information content (AvgIpc) is 3.04. The second kappa shape index (κ2) is 8.60. The summed E-state index contributed by atoms with van der Waals surface area (Å²) in [6.45, 7) is 6.47. The molecule has 0 aliphatic rings. The van der Waals surface area contributed by atoms with Crippen LogP contribution in [0.1, 0.15) is 21.0 Å². The molecule has 0 saturated heterocycles. The summed E-state index contributed by atoms with van der Waals surface area (Å²) < 4.78 is 5.53. The molecule has 2 rings (SSSR count). The number of aryl methyl sites for hydroxylation is 2. The van der Waals surface area contributed by atoms with Crippen LogP contribution >= 0.6 is 22.7 Å². The van der Waals surface area contributed by atoms with E-state index in [-0.39, 0.29) is 0 Å². The molecule has 116 valence electrons. The molecule has 2 N–H and O–H groups in total. The minimum absolute atomic E-state index is 0.369. The highest BCUT2D eigenvalue weighted by atomic mass is 32.1. The van der Waals surface area contributed by atoms with Crippen molar-refractivity contribution in [2.45, 2.75) is 32.9 Å². The second-order valence-electron chi connectivity index (χ2n) is 5.00. The van der Waals surface area contributed by atoms with Crippen LogP contribution in [-0.4, -0.2) is 36.0 Å². The number of thiophene rings is 1. The monoisotopic (exact) mass is 326 g/mol. The minimum Gasteiger partial charge on any atom is -0.389 e. The van der Waals surface area contributed by atoms with E-state index in [0.29, 0.717) is 19.8 Å². The lowest BCUT2D eigenvalue weighted by molar-refractivity contribution is 0.0384. The number of rotatable bonds is 9. The van der Waals surface area contributed by atoms with E-state index in [2.05, 4.69) is 28.7 Å². The van der Waals surface area contributed by atoms with Crippen molar-refractivity contribution < 1.29 is 9.84 Å². The summed E-state index contributed by atoms with van der Waals surface area (Å²) >= 11 is 3.40. The molecular formula is C15H22N2O2S2. The molecule has 0 aromatic carbocycles. The molecule has 2 heterocycles. The van der Waals surface area contributed by atoms with Crippen LogP contribution in [0, 0.1) is 13.8 Å². The Morgan fingerprint density at radius 3 is 2.86 bits per heavy atom. The van der Waals surface area contributed by atoms with Gasteiger partial charge in [0.05, 0.1) is 30.5 Å². The van der Waals surface area contributed by atoms with Gasteiger partial charge in [-0.05, 0) is 30.9 Å². The van der Waals surface area contributed by atoms with Crippen molar-refractivity contribution in [3.63, 3.8) is 0 Å². The van der Waals surface area contributed by atoms with Gasteiger partial charge in [-0.25, -0.2) is 4.98 Å². The van der Waals surface area contributed by atoms with Crippen molar-refractivity contribution in [3.8, 4) is 0 Å². The lowest BCUT2D eigenvalue weighted by Gasteiger charge is -2.12. The molecule has 1 atom stereocenters. The van der Waals surface area contributed by atoms with E-state index in [1.54, 1.807) is 22.7 Å². The molecule has 0 fully saturated rings. The van der Waals surface area contributed by atoms with Crippen molar-refractivity contribution in [2.24, 2.45) is 0 Å². The summed E-state index contributed by atoms with van der Waals surface area (Å²) in [5, 5.41) is 15.2. The third-order valence-corrected chi connectivity index (χ3v) is 5.28. The predicted molar refractivity (Wildman–Crippen MR) is 88.1 cm³/mol. The van der Waals surface area contributed by atoms with Crippen molar-refractivity contribution in [1.29, 1.82) is 0 Å². The summed E-state index contributed by atoms with van der Waals surface area (Å²) in [4.78, 5) is 6.79. The van der Waals surface area contributed by atoms with E-state index < -0.39 is 6.10 Å². The third kappa shape index (κ3) is 5.48. The Balaban J connectivity index is 1.54. The molecule has 4 nitrogen and oxygen atoms in total. The van der Waals surface area contributed by atoms with Crippen LogP contribution in [-0.2, 0) is 17.7 Å². The molecule has 1 unspecified atom stereocenters. The van der Waals surface area contributed by atoms with E-state index in [1.807, 2.05) is 12.4 Å². The van der Waals surface area contributed by atoms with Gasteiger partial charge >= 0.3 is 0 Å². The van der Waals surface area contributed by atoms with E-state index in [1.165, 1.54) is 15.3 Å². The van der Waals surface area contributed by atoms with Crippen LogP contribution in [0.5, 0.6) is 0 Å². The Bertz CT molecular complexity index is 539. The van der Waals surface area contributed by atoms with Gasteiger partial charge in [-0.3, -0.25) is 0 Å². The third-order valence-electron chi connectivity index (χ3n) is 3.26. The fourth-order valence-corrected chi connectivity index (χ4v) is 3.59. The molecule has 0 saturated carbocycles. The molecule has 0 aliphatic heterocycles. The molecule has 2 aromatic heterocycles. The smallest absolute Gasteiger partial charge is 0.0897 e. The number of hydrogen-bond acceptors (Lipinski definition) is 6. The minimum atomic E-state index is -0.465. The Hall–Kier alpha value is -0.790. The zero-order chi connectivity index (χ0) is 15.1. The Morgan fingerprint density at radius 1 is 1.33 bits per heavy atom. The van der Waals surface area contributed by atoms with Crippen LogP contribution in [0.3, 0.4) is 0 Å². The van der Waals surface area contributed by atoms with Crippen molar-refractivity contribution in [1.82, 2.24) is 10.3 Å². The summed E-state index contributed by atoms with van der Waals surface area (Å²) in [5.41, 5.74) is 4.24. The SMILES string of the molecule is Cc1ccsc1CNCC(O)COCCc1scnc1C. The molecule has 0 amide bonds. The standard InChI is InChI=1S/C15H22N2O2S2/c1-11-4-6-20-15(11)8-16-7-13(18)9-19-5-3-14-12(2)17-10-21-14/h4,6,10,13,16,18H,3,5,7-9H2,1-2H3. The molecule has 21 heavy (non-hydrogen) atoms. The normalized spacial score (nSPS) is 12.7. The number of thiazole rings is 1. The van der Waals surface area contributed by atoms with E-state index in [9.17, 15) is 5.11 Å². The van der Waals surface area contributed by atoms with Crippen molar-refractivity contribution >= 4 is 22.7 Å². The quantitative estimate of drug-likeness (QED) is 0.695. The Labute approximate surface area is 133 Å². The number of nitrogens with zero attached hydrogens (tertiary/aromatic N) is 1. The number of aliphatic hydroxyl groups excluding tert-OH is 1. The fraction of sp³-hybridized carbons (Fsp3) is 0.533. The molecule has 0 aliphatic carbocycles. The maximum absolute atomic E-state index is 9.87. The topological polar surface area (TPSA) is 54.4 Å². The number of aliphatic hydroxyl groups is 1. The summed E-state index contributed by atoms with van der Waals surface area (Å²) in [7, 11) is 0. The van der Waals surface area contributed by atoms with Gasteiger partial charge in [0, 0.05) is 29.3 Å². The summed E-state index contributed by atoms with van der Waals surface area (Å²) in [6.07, 6.45) is 0.401.